The summed E-state index contributed by atoms with van der Waals surface area (Å²) in [6, 6.07) is 11.2. The van der Waals surface area contributed by atoms with E-state index in [4.69, 9.17) is 18.9 Å². The van der Waals surface area contributed by atoms with Gasteiger partial charge in [0.2, 0.25) is 0 Å². The van der Waals surface area contributed by atoms with Crippen LogP contribution >= 0.6 is 11.3 Å². The third kappa shape index (κ3) is 4.78. The van der Waals surface area contributed by atoms with Crippen molar-refractivity contribution < 1.29 is 23.7 Å². The maximum absolute atomic E-state index is 12.6. The monoisotopic (exact) mass is 416 g/mol. The number of fused-ring (bicyclic) bond motifs is 1. The Bertz CT molecular complexity index is 1070. The average molecular weight is 416 g/mol. The number of rotatable bonds is 8. The second-order valence-electron chi connectivity index (χ2n) is 6.24. The van der Waals surface area contributed by atoms with Gasteiger partial charge in [0.15, 0.2) is 16.3 Å². The molecule has 0 saturated heterocycles. The summed E-state index contributed by atoms with van der Waals surface area (Å²) in [5.74, 6) is 1.74. The minimum atomic E-state index is -0.227. The van der Waals surface area contributed by atoms with Gasteiger partial charge >= 0.3 is 0 Å². The van der Waals surface area contributed by atoms with Gasteiger partial charge in [0, 0.05) is 25.8 Å². The van der Waals surface area contributed by atoms with Gasteiger partial charge in [0.25, 0.3) is 5.91 Å². The Kier molecular flexibility index (Phi) is 6.90. The van der Waals surface area contributed by atoms with Gasteiger partial charge in [-0.1, -0.05) is 23.5 Å². The Morgan fingerprint density at radius 3 is 2.48 bits per heavy atom. The van der Waals surface area contributed by atoms with Crippen molar-refractivity contribution in [3.05, 3.63) is 46.8 Å². The molecule has 0 aliphatic heterocycles. The van der Waals surface area contributed by atoms with Crippen LogP contribution < -0.4 is 19.0 Å². The van der Waals surface area contributed by atoms with E-state index in [2.05, 4.69) is 4.99 Å². The lowest BCUT2D eigenvalue weighted by Crippen LogP contribution is -2.19. The Labute approximate surface area is 173 Å². The van der Waals surface area contributed by atoms with Crippen LogP contribution in [0.2, 0.25) is 0 Å². The predicted octanol–water partition coefficient (Wildman–Crippen LogP) is 3.05. The molecule has 29 heavy (non-hydrogen) atoms. The van der Waals surface area contributed by atoms with E-state index in [-0.39, 0.29) is 12.3 Å². The molecule has 3 rings (SSSR count). The first kappa shape index (κ1) is 20.9. The topological polar surface area (TPSA) is 71.3 Å². The standard InChI is InChI=1S/C21H24N2O5S/c1-25-9-8-23-16-12-17(27-3)18(28-4)13-19(16)29-21(23)22-20(24)11-14-6-5-7-15(10-14)26-2/h5-7,10,12-13H,8-9,11H2,1-4H3. The summed E-state index contributed by atoms with van der Waals surface area (Å²) >= 11 is 1.43. The first-order valence-electron chi connectivity index (χ1n) is 9.04. The number of ether oxygens (including phenoxy) is 4. The maximum atomic E-state index is 12.6. The minimum Gasteiger partial charge on any atom is -0.497 e. The molecule has 2 aromatic carbocycles. The van der Waals surface area contributed by atoms with Crippen LogP contribution in [-0.4, -0.2) is 45.5 Å². The van der Waals surface area contributed by atoms with Gasteiger partial charge in [-0.25, -0.2) is 0 Å². The van der Waals surface area contributed by atoms with Gasteiger partial charge in [0.05, 0.1) is 44.6 Å². The normalized spacial score (nSPS) is 11.7. The Morgan fingerprint density at radius 2 is 1.79 bits per heavy atom. The molecule has 3 aromatic rings. The van der Waals surface area contributed by atoms with Gasteiger partial charge in [0.1, 0.15) is 5.75 Å². The zero-order chi connectivity index (χ0) is 20.8. The van der Waals surface area contributed by atoms with Crippen LogP contribution in [0.5, 0.6) is 17.2 Å². The molecular formula is C21H24N2O5S. The summed E-state index contributed by atoms with van der Waals surface area (Å²) in [5.41, 5.74) is 1.77. The van der Waals surface area contributed by atoms with Crippen LogP contribution in [0.25, 0.3) is 10.2 Å². The SMILES string of the molecule is COCCn1c(=NC(=O)Cc2cccc(OC)c2)sc2cc(OC)c(OC)cc21. The van der Waals surface area contributed by atoms with Crippen LogP contribution in [0.3, 0.4) is 0 Å². The van der Waals surface area contributed by atoms with Crippen molar-refractivity contribution >= 4 is 27.5 Å². The Hall–Kier alpha value is -2.84. The molecule has 0 N–H and O–H groups in total. The number of carbonyl (C=O) groups is 1. The van der Waals surface area contributed by atoms with Gasteiger partial charge in [-0.15, -0.1) is 0 Å². The van der Waals surface area contributed by atoms with Crippen molar-refractivity contribution in [1.29, 1.82) is 0 Å². The number of aromatic nitrogens is 1. The molecule has 0 aliphatic carbocycles. The molecule has 0 fully saturated rings. The number of benzene rings is 2. The molecule has 0 aliphatic rings. The largest absolute Gasteiger partial charge is 0.497 e. The summed E-state index contributed by atoms with van der Waals surface area (Å²) in [4.78, 5) is 17.6. The van der Waals surface area contributed by atoms with E-state index in [9.17, 15) is 4.79 Å². The fourth-order valence-electron chi connectivity index (χ4n) is 2.98. The van der Waals surface area contributed by atoms with E-state index in [1.165, 1.54) is 11.3 Å². The Balaban J connectivity index is 2.02. The minimum absolute atomic E-state index is 0.197. The zero-order valence-electron chi connectivity index (χ0n) is 16.9. The zero-order valence-corrected chi connectivity index (χ0v) is 17.7. The number of hydrogen-bond acceptors (Lipinski definition) is 6. The third-order valence-electron chi connectivity index (χ3n) is 4.42. The highest BCUT2D eigenvalue weighted by Crippen LogP contribution is 2.33. The summed E-state index contributed by atoms with van der Waals surface area (Å²) in [6.07, 6.45) is 0.197. The van der Waals surface area contributed by atoms with Crippen molar-refractivity contribution in [3.8, 4) is 17.2 Å². The second-order valence-corrected chi connectivity index (χ2v) is 7.25. The highest BCUT2D eigenvalue weighted by atomic mass is 32.1. The van der Waals surface area contributed by atoms with Crippen molar-refractivity contribution in [2.75, 3.05) is 35.0 Å². The number of hydrogen-bond donors (Lipinski definition) is 0. The van der Waals surface area contributed by atoms with Gasteiger partial charge in [-0.05, 0) is 17.7 Å². The number of methoxy groups -OCH3 is 4. The lowest BCUT2D eigenvalue weighted by molar-refractivity contribution is -0.117. The highest BCUT2D eigenvalue weighted by molar-refractivity contribution is 7.16. The molecule has 154 valence electrons. The molecule has 0 bridgehead atoms. The van der Waals surface area contributed by atoms with E-state index in [1.54, 1.807) is 28.4 Å². The molecular weight excluding hydrogens is 392 g/mol. The molecule has 0 atom stereocenters. The van der Waals surface area contributed by atoms with Crippen LogP contribution in [0.1, 0.15) is 5.56 Å². The number of thiazole rings is 1. The average Bonchev–Trinajstić information content (AvgIpc) is 3.06. The molecule has 0 saturated carbocycles. The van der Waals surface area contributed by atoms with Crippen molar-refractivity contribution in [2.45, 2.75) is 13.0 Å². The lowest BCUT2D eigenvalue weighted by atomic mass is 10.1. The highest BCUT2D eigenvalue weighted by Gasteiger charge is 2.13. The smallest absolute Gasteiger partial charge is 0.252 e. The third-order valence-corrected chi connectivity index (χ3v) is 5.46. The van der Waals surface area contributed by atoms with Gasteiger partial charge in [-0.2, -0.15) is 4.99 Å². The molecule has 1 heterocycles. The van der Waals surface area contributed by atoms with E-state index in [0.717, 1.165) is 15.8 Å². The summed E-state index contributed by atoms with van der Waals surface area (Å²) in [6.45, 7) is 1.06. The molecule has 1 aromatic heterocycles. The van der Waals surface area contributed by atoms with E-state index in [1.807, 2.05) is 41.0 Å². The first-order chi connectivity index (χ1) is 14.1. The van der Waals surface area contributed by atoms with Crippen LogP contribution in [0, 0.1) is 0 Å². The van der Waals surface area contributed by atoms with Crippen molar-refractivity contribution in [1.82, 2.24) is 4.57 Å². The van der Waals surface area contributed by atoms with E-state index < -0.39 is 0 Å². The predicted molar refractivity (Wildman–Crippen MR) is 112 cm³/mol. The van der Waals surface area contributed by atoms with Crippen LogP contribution in [-0.2, 0) is 22.5 Å². The molecule has 1 amide bonds. The number of carbonyl (C=O) groups excluding carboxylic acids is 1. The quantitative estimate of drug-likeness (QED) is 0.564. The summed E-state index contributed by atoms with van der Waals surface area (Å²) < 4.78 is 24.2. The number of nitrogens with zero attached hydrogens (tertiary/aromatic N) is 2. The molecule has 0 spiro atoms. The fourth-order valence-corrected chi connectivity index (χ4v) is 4.07. The van der Waals surface area contributed by atoms with E-state index >= 15 is 0 Å². The van der Waals surface area contributed by atoms with Crippen LogP contribution in [0.4, 0.5) is 0 Å². The molecule has 0 radical (unpaired) electrons. The van der Waals surface area contributed by atoms with Crippen molar-refractivity contribution in [3.63, 3.8) is 0 Å². The lowest BCUT2D eigenvalue weighted by Gasteiger charge is -2.09. The van der Waals surface area contributed by atoms with E-state index in [0.29, 0.717) is 35.2 Å². The van der Waals surface area contributed by atoms with Crippen LogP contribution in [0.15, 0.2) is 41.4 Å². The Morgan fingerprint density at radius 1 is 1.03 bits per heavy atom. The maximum Gasteiger partial charge on any atom is 0.252 e. The number of amides is 1. The summed E-state index contributed by atoms with van der Waals surface area (Å²) in [5, 5.41) is 0. The second kappa shape index (κ2) is 9.58. The molecule has 8 heteroatoms. The molecule has 7 nitrogen and oxygen atoms in total. The van der Waals surface area contributed by atoms with Gasteiger partial charge in [-0.3, -0.25) is 4.79 Å². The molecule has 0 unspecified atom stereocenters. The fraction of sp³-hybridized carbons (Fsp3) is 0.333. The van der Waals surface area contributed by atoms with Crippen molar-refractivity contribution in [2.24, 2.45) is 4.99 Å². The first-order valence-corrected chi connectivity index (χ1v) is 9.86. The summed E-state index contributed by atoms with van der Waals surface area (Å²) in [7, 11) is 6.44. The van der Waals surface area contributed by atoms with Gasteiger partial charge < -0.3 is 23.5 Å².